The van der Waals surface area contributed by atoms with E-state index in [0.717, 1.165) is 18.2 Å². The van der Waals surface area contributed by atoms with E-state index in [2.05, 4.69) is 20.6 Å². The third-order valence-corrected chi connectivity index (χ3v) is 4.49. The summed E-state index contributed by atoms with van der Waals surface area (Å²) in [6.07, 6.45) is -3.44. The smallest absolute Gasteiger partial charge is 0.379 e. The van der Waals surface area contributed by atoms with Crippen LogP contribution in [0.5, 0.6) is 0 Å². The summed E-state index contributed by atoms with van der Waals surface area (Å²) >= 11 is 0. The highest BCUT2D eigenvalue weighted by Gasteiger charge is 2.38. The lowest BCUT2D eigenvalue weighted by atomic mass is 10.2. The van der Waals surface area contributed by atoms with Crippen LogP contribution in [0.15, 0.2) is 47.8 Å². The first kappa shape index (κ1) is 20.6. The molecule has 0 saturated heterocycles. The number of pyridine rings is 1. The van der Waals surface area contributed by atoms with Crippen LogP contribution in [-0.4, -0.2) is 39.3 Å². The van der Waals surface area contributed by atoms with E-state index in [4.69, 9.17) is 4.84 Å². The quantitative estimate of drug-likeness (QED) is 0.615. The zero-order valence-electron chi connectivity index (χ0n) is 16.0. The fraction of sp³-hybridized carbons (Fsp3) is 0.211. The molecule has 1 N–H and O–H groups in total. The molecule has 0 fully saturated rings. The lowest BCUT2D eigenvalue weighted by Gasteiger charge is -2.11. The Labute approximate surface area is 172 Å². The maximum Gasteiger partial charge on any atom is 0.433 e. The summed E-state index contributed by atoms with van der Waals surface area (Å²) in [5.41, 5.74) is -0.856. The van der Waals surface area contributed by atoms with E-state index in [9.17, 15) is 22.0 Å². The minimum absolute atomic E-state index is 0.0219. The van der Waals surface area contributed by atoms with Crippen molar-refractivity contribution in [2.45, 2.75) is 12.7 Å². The van der Waals surface area contributed by atoms with E-state index in [-0.39, 0.29) is 36.2 Å². The molecule has 12 heteroatoms. The molecule has 0 spiro atoms. The van der Waals surface area contributed by atoms with Gasteiger partial charge in [0.05, 0.1) is 11.9 Å². The fourth-order valence-electron chi connectivity index (χ4n) is 2.92. The van der Waals surface area contributed by atoms with Crippen molar-refractivity contribution >= 4 is 11.5 Å². The number of alkyl halides is 3. The lowest BCUT2D eigenvalue weighted by Crippen LogP contribution is -2.23. The van der Waals surface area contributed by atoms with Crippen LogP contribution in [-0.2, 0) is 17.6 Å². The largest absolute Gasteiger partial charge is 0.433 e. The Kier molecular flexibility index (Phi) is 5.21. The second-order valence-corrected chi connectivity index (χ2v) is 6.65. The standard InChI is InChI=1S/C19H15F5N6O/c1-29-10-31-28-18(29)15-7-16(19(22,23)24)30(27-15)17-6-5-11(8-26-17)25-9-12-13(20)3-2-4-14(12)21/h2-8,25H,9-10H2,1H3. The number of aromatic nitrogens is 3. The number of rotatable bonds is 5. The monoisotopic (exact) mass is 438 g/mol. The molecule has 0 amide bonds. The first-order valence-corrected chi connectivity index (χ1v) is 8.96. The van der Waals surface area contributed by atoms with Crippen molar-refractivity contribution in [2.75, 3.05) is 19.1 Å². The predicted molar refractivity (Wildman–Crippen MR) is 100 cm³/mol. The molecule has 0 radical (unpaired) electrons. The number of oxime groups is 1. The summed E-state index contributed by atoms with van der Waals surface area (Å²) in [4.78, 5) is 10.4. The van der Waals surface area contributed by atoms with Gasteiger partial charge in [-0.1, -0.05) is 11.2 Å². The molecule has 3 aromatic rings. The van der Waals surface area contributed by atoms with Crippen LogP contribution < -0.4 is 5.32 Å². The molecule has 0 bridgehead atoms. The second kappa shape index (κ2) is 7.85. The molecule has 7 nitrogen and oxygen atoms in total. The van der Waals surface area contributed by atoms with Gasteiger partial charge in [0.2, 0.25) is 0 Å². The van der Waals surface area contributed by atoms with Gasteiger partial charge in [-0.25, -0.2) is 18.4 Å². The highest BCUT2D eigenvalue weighted by atomic mass is 19.4. The van der Waals surface area contributed by atoms with Gasteiger partial charge in [0.1, 0.15) is 17.3 Å². The molecule has 2 aromatic heterocycles. The van der Waals surface area contributed by atoms with Crippen LogP contribution in [0, 0.1) is 11.6 Å². The Bertz CT molecular complexity index is 1110. The molecule has 0 aliphatic carbocycles. The summed E-state index contributed by atoms with van der Waals surface area (Å²) in [5, 5.41) is 10.5. The van der Waals surface area contributed by atoms with Gasteiger partial charge in [0, 0.05) is 25.2 Å². The second-order valence-electron chi connectivity index (χ2n) is 6.65. The molecular weight excluding hydrogens is 423 g/mol. The van der Waals surface area contributed by atoms with E-state index in [1.165, 1.54) is 29.3 Å². The van der Waals surface area contributed by atoms with Gasteiger partial charge in [-0.15, -0.1) is 0 Å². The number of nitrogens with zero attached hydrogens (tertiary/aromatic N) is 5. The number of benzene rings is 1. The van der Waals surface area contributed by atoms with Gasteiger partial charge in [0.25, 0.3) is 0 Å². The Morgan fingerprint density at radius 2 is 1.87 bits per heavy atom. The summed E-state index contributed by atoms with van der Waals surface area (Å²) in [6, 6.07) is 7.12. The van der Waals surface area contributed by atoms with Crippen molar-refractivity contribution in [2.24, 2.45) is 5.16 Å². The molecule has 0 atom stereocenters. The van der Waals surface area contributed by atoms with Crippen LogP contribution in [0.1, 0.15) is 17.0 Å². The molecule has 4 rings (SSSR count). The maximum absolute atomic E-state index is 13.7. The van der Waals surface area contributed by atoms with Crippen molar-refractivity contribution in [1.82, 2.24) is 19.7 Å². The van der Waals surface area contributed by atoms with E-state index in [1.54, 1.807) is 7.05 Å². The van der Waals surface area contributed by atoms with E-state index >= 15 is 0 Å². The number of hydrogen-bond donors (Lipinski definition) is 1. The molecule has 162 valence electrons. The minimum Gasteiger partial charge on any atom is -0.379 e. The van der Waals surface area contributed by atoms with Crippen molar-refractivity contribution < 1.29 is 26.8 Å². The zero-order valence-corrected chi connectivity index (χ0v) is 16.0. The van der Waals surface area contributed by atoms with Crippen LogP contribution >= 0.6 is 0 Å². The third kappa shape index (κ3) is 4.13. The predicted octanol–water partition coefficient (Wildman–Crippen LogP) is 3.76. The normalized spacial score (nSPS) is 13.9. The van der Waals surface area contributed by atoms with E-state index in [0.29, 0.717) is 10.4 Å². The van der Waals surface area contributed by atoms with Gasteiger partial charge < -0.3 is 15.1 Å². The lowest BCUT2D eigenvalue weighted by molar-refractivity contribution is -0.142. The van der Waals surface area contributed by atoms with Gasteiger partial charge >= 0.3 is 6.18 Å². The van der Waals surface area contributed by atoms with Crippen molar-refractivity contribution in [3.05, 3.63) is 71.2 Å². The minimum atomic E-state index is -4.69. The molecule has 3 heterocycles. The summed E-state index contributed by atoms with van der Waals surface area (Å²) in [5.74, 6) is -1.35. The van der Waals surface area contributed by atoms with Crippen molar-refractivity contribution in [1.29, 1.82) is 0 Å². The van der Waals surface area contributed by atoms with Crippen molar-refractivity contribution in [3.8, 4) is 5.82 Å². The summed E-state index contributed by atoms with van der Waals surface area (Å²) in [7, 11) is 1.61. The molecule has 1 aromatic carbocycles. The topological polar surface area (TPSA) is 67.6 Å². The molecule has 0 saturated carbocycles. The van der Waals surface area contributed by atoms with Gasteiger partial charge in [0.15, 0.2) is 24.1 Å². The number of nitrogens with one attached hydrogen (secondary N) is 1. The van der Waals surface area contributed by atoms with Crippen LogP contribution in [0.4, 0.5) is 27.6 Å². The Morgan fingerprint density at radius 1 is 1.13 bits per heavy atom. The average molecular weight is 438 g/mol. The first-order valence-electron chi connectivity index (χ1n) is 8.96. The average Bonchev–Trinajstić information content (AvgIpc) is 3.34. The first-order chi connectivity index (χ1) is 14.7. The van der Waals surface area contributed by atoms with Gasteiger partial charge in [-0.05, 0) is 24.3 Å². The van der Waals surface area contributed by atoms with Crippen LogP contribution in [0.3, 0.4) is 0 Å². The number of hydrogen-bond acceptors (Lipinski definition) is 6. The molecular formula is C19H15F5N6O. The summed E-state index contributed by atoms with van der Waals surface area (Å²) in [6.45, 7) is -0.0594. The highest BCUT2D eigenvalue weighted by Crippen LogP contribution is 2.32. The SMILES string of the molecule is CN1CON=C1c1cc(C(F)(F)F)n(-c2ccc(NCc3c(F)cccc3F)cn2)n1. The number of anilines is 1. The zero-order chi connectivity index (χ0) is 22.2. The highest BCUT2D eigenvalue weighted by molar-refractivity contribution is 5.97. The van der Waals surface area contributed by atoms with Crippen molar-refractivity contribution in [3.63, 3.8) is 0 Å². The Balaban J connectivity index is 1.59. The molecule has 0 unspecified atom stereocenters. The van der Waals surface area contributed by atoms with Crippen LogP contribution in [0.2, 0.25) is 0 Å². The van der Waals surface area contributed by atoms with Gasteiger partial charge in [-0.3, -0.25) is 0 Å². The Morgan fingerprint density at radius 3 is 2.45 bits per heavy atom. The molecule has 31 heavy (non-hydrogen) atoms. The maximum atomic E-state index is 13.7. The number of amidine groups is 1. The van der Waals surface area contributed by atoms with Gasteiger partial charge in [-0.2, -0.15) is 18.3 Å². The summed E-state index contributed by atoms with van der Waals surface area (Å²) < 4.78 is 68.7. The number of halogens is 5. The van der Waals surface area contributed by atoms with Crippen LogP contribution in [0.25, 0.3) is 5.82 Å². The van der Waals surface area contributed by atoms with E-state index in [1.807, 2.05) is 0 Å². The Hall–Kier alpha value is -3.70. The third-order valence-electron chi connectivity index (χ3n) is 4.49. The molecule has 1 aliphatic heterocycles. The molecule has 1 aliphatic rings. The fourth-order valence-corrected chi connectivity index (χ4v) is 2.92. The van der Waals surface area contributed by atoms with E-state index < -0.39 is 23.5 Å².